The van der Waals surface area contributed by atoms with Gasteiger partial charge in [-0.15, -0.1) is 10.2 Å². The number of allylic oxidation sites excluding steroid dienone is 6. The molecule has 1 saturated carbocycles. The van der Waals surface area contributed by atoms with Gasteiger partial charge in [-0.05, 0) is 112 Å². The first-order valence-electron chi connectivity index (χ1n) is 25.0. The molecule has 0 aromatic carbocycles. The van der Waals surface area contributed by atoms with E-state index in [1.165, 1.54) is 18.3 Å². The Balaban J connectivity index is 1.46. The van der Waals surface area contributed by atoms with Gasteiger partial charge in [0.05, 0.1) is 30.5 Å². The van der Waals surface area contributed by atoms with E-state index < -0.39 is 77.8 Å². The van der Waals surface area contributed by atoms with Crippen molar-refractivity contribution in [2.45, 2.75) is 180 Å². The number of tetrazole rings is 1. The zero-order chi connectivity index (χ0) is 50.6. The fraction of sp³-hybridized carbons (Fsp3) is 0.731. The highest BCUT2D eigenvalue weighted by atomic mass is 16.6. The Morgan fingerprint density at radius 1 is 0.899 bits per heavy atom. The maximum Gasteiger partial charge on any atom is 0.329 e. The number of fused-ring (bicyclic) bond motifs is 3. The van der Waals surface area contributed by atoms with Crippen LogP contribution >= 0.6 is 0 Å². The van der Waals surface area contributed by atoms with Gasteiger partial charge < -0.3 is 38.8 Å². The number of esters is 1. The third-order valence-corrected chi connectivity index (χ3v) is 15.2. The maximum absolute atomic E-state index is 14.5. The van der Waals surface area contributed by atoms with Gasteiger partial charge in [0, 0.05) is 58.5 Å². The second-order valence-electron chi connectivity index (χ2n) is 20.4. The van der Waals surface area contributed by atoms with E-state index in [2.05, 4.69) is 15.4 Å². The molecule has 17 nitrogen and oxygen atoms in total. The van der Waals surface area contributed by atoms with E-state index in [1.807, 2.05) is 58.1 Å². The molecule has 15 atom stereocenters. The van der Waals surface area contributed by atoms with E-state index >= 15 is 0 Å². The number of ketones is 3. The van der Waals surface area contributed by atoms with Crippen LogP contribution in [0.2, 0.25) is 0 Å². The average Bonchev–Trinajstić information content (AvgIpc) is 3.88. The summed E-state index contributed by atoms with van der Waals surface area (Å²) in [5.74, 6) is -7.91. The normalized spacial score (nSPS) is 36.3. The zero-order valence-electron chi connectivity index (χ0n) is 42.5. The molecule has 4 unspecified atom stereocenters. The second kappa shape index (κ2) is 25.7. The predicted molar refractivity (Wildman–Crippen MR) is 256 cm³/mol. The monoisotopic (exact) mass is 966 g/mol. The highest BCUT2D eigenvalue weighted by Gasteiger charge is 2.53. The fourth-order valence-electron chi connectivity index (χ4n) is 10.7. The molecule has 17 heteroatoms. The highest BCUT2D eigenvalue weighted by molar-refractivity contribution is 6.39. The van der Waals surface area contributed by atoms with Crippen molar-refractivity contribution in [2.75, 3.05) is 27.9 Å². The molecule has 0 spiro atoms. The summed E-state index contributed by atoms with van der Waals surface area (Å²) in [5, 5.41) is 35.7. The summed E-state index contributed by atoms with van der Waals surface area (Å²) in [6, 6.07) is -1.25. The smallest absolute Gasteiger partial charge is 0.329 e. The number of aromatic nitrogens is 4. The Morgan fingerprint density at radius 2 is 1.65 bits per heavy atom. The van der Waals surface area contributed by atoms with E-state index in [9.17, 15) is 34.2 Å². The summed E-state index contributed by atoms with van der Waals surface area (Å²) >= 11 is 0. The third-order valence-electron chi connectivity index (χ3n) is 15.2. The quantitative estimate of drug-likeness (QED) is 0.235. The van der Waals surface area contributed by atoms with Crippen LogP contribution in [0.3, 0.4) is 0 Å². The molecule has 3 fully saturated rings. The van der Waals surface area contributed by atoms with E-state index in [0.717, 1.165) is 18.4 Å². The zero-order valence-corrected chi connectivity index (χ0v) is 42.5. The number of carbonyl (C=O) groups is 5. The standard InChI is InChI=1S/C52H79N5O12/c1-31-16-12-11-13-17-32(2)43(65-8)28-39-21-19-37(7)52(64,69-39)49(61)50(62)56-23-15-14-18-41(56)51(63)68-44(34(4)26-38-20-22-40(45(27-38)66-9)57-54-30-53-55-57)29-42(58)33(3)25-36(6)47(60)48(67-10)46(59)35(5)24-31/h11-13,16-17,25,30-31,34-41,43-45,47-48,60,64H,14-15,18-24,26-29H2,1-10H3/t31-,34-,35?,36?,37-,38+,39+,40+,41+,43+,44+,45?,47-,48?,52-/m1/s1. The number of hydrogen-bond acceptors (Lipinski definition) is 15. The topological polar surface area (TPSA) is 219 Å². The molecule has 2 saturated heterocycles. The molecular formula is C52H79N5O12. The average molecular weight is 966 g/mol. The van der Waals surface area contributed by atoms with Gasteiger partial charge in [-0.1, -0.05) is 71.1 Å². The Bertz CT molecular complexity index is 2020. The van der Waals surface area contributed by atoms with Crippen molar-refractivity contribution in [3.8, 4) is 0 Å². The van der Waals surface area contributed by atoms with Gasteiger partial charge in [0.25, 0.3) is 11.7 Å². The van der Waals surface area contributed by atoms with Crippen molar-refractivity contribution in [3.05, 3.63) is 53.9 Å². The number of aliphatic hydroxyl groups is 2. The second-order valence-corrected chi connectivity index (χ2v) is 20.4. The Kier molecular flexibility index (Phi) is 20.8. The molecule has 0 radical (unpaired) electrons. The Hall–Kier alpha value is -4.26. The Labute approximate surface area is 408 Å². The van der Waals surface area contributed by atoms with Crippen LogP contribution in [0.4, 0.5) is 0 Å². The SMILES string of the molecule is COC1C(=O)C(C)C[C@H](C)C=CC=CC=C(C)[C@@H](OC)C[C@@H]2CC[C@@H](C)[C@@](O)(O2)C(=O)C(=O)N2CCCC[C@H]2C(=O)O[C@H]([C@H](C)C[C@@H]2CC[C@H](n3ncnn3)C(OC)C2)CC(=O)C(C)=CC(C)[C@H]1O. The summed E-state index contributed by atoms with van der Waals surface area (Å²) in [4.78, 5) is 73.9. The molecular weight excluding hydrogens is 887 g/mol. The first-order valence-corrected chi connectivity index (χ1v) is 25.0. The van der Waals surface area contributed by atoms with Crippen molar-refractivity contribution in [2.24, 2.45) is 35.5 Å². The number of Topliss-reactive ketones (excluding diaryl/α,β-unsaturated/α-hetero) is 3. The lowest BCUT2D eigenvalue weighted by Crippen LogP contribution is -2.61. The molecule has 3 aliphatic heterocycles. The molecule has 4 heterocycles. The van der Waals surface area contributed by atoms with Crippen LogP contribution in [0.5, 0.6) is 0 Å². The number of ether oxygens (including phenoxy) is 5. The predicted octanol–water partition coefficient (Wildman–Crippen LogP) is 6.05. The number of amides is 1. The van der Waals surface area contributed by atoms with Crippen LogP contribution in [0.1, 0.15) is 132 Å². The van der Waals surface area contributed by atoms with Gasteiger partial charge >= 0.3 is 5.97 Å². The third kappa shape index (κ3) is 14.2. The van der Waals surface area contributed by atoms with Gasteiger partial charge in [0.1, 0.15) is 18.2 Å². The number of piperidine rings is 1. The van der Waals surface area contributed by atoms with Crippen molar-refractivity contribution >= 4 is 29.2 Å². The van der Waals surface area contributed by atoms with Crippen LogP contribution in [0.15, 0.2) is 53.9 Å². The molecule has 69 heavy (non-hydrogen) atoms. The van der Waals surface area contributed by atoms with E-state index in [-0.39, 0.29) is 60.9 Å². The number of aliphatic hydroxyl groups excluding tert-OH is 1. The summed E-state index contributed by atoms with van der Waals surface area (Å²) < 4.78 is 29.9. The lowest BCUT2D eigenvalue weighted by molar-refractivity contribution is -0.265. The molecule has 1 amide bonds. The minimum absolute atomic E-state index is 0.0195. The number of nitrogens with zero attached hydrogens (tertiary/aromatic N) is 5. The van der Waals surface area contributed by atoms with Gasteiger partial charge in [-0.3, -0.25) is 19.2 Å². The largest absolute Gasteiger partial charge is 0.460 e. The van der Waals surface area contributed by atoms with Crippen LogP contribution in [0, 0.1) is 35.5 Å². The van der Waals surface area contributed by atoms with Crippen molar-refractivity contribution in [1.29, 1.82) is 0 Å². The van der Waals surface area contributed by atoms with Gasteiger partial charge in [-0.2, -0.15) is 4.80 Å². The molecule has 2 bridgehead atoms. The summed E-state index contributed by atoms with van der Waals surface area (Å²) in [5.41, 5.74) is 1.20. The van der Waals surface area contributed by atoms with E-state index in [4.69, 9.17) is 23.7 Å². The van der Waals surface area contributed by atoms with Crippen LogP contribution < -0.4 is 0 Å². The van der Waals surface area contributed by atoms with Gasteiger partial charge in [0.2, 0.25) is 5.79 Å². The number of cyclic esters (lactones) is 1. The molecule has 1 aromatic heterocycles. The molecule has 2 N–H and O–H groups in total. The summed E-state index contributed by atoms with van der Waals surface area (Å²) in [6.45, 7) is 12.8. The minimum Gasteiger partial charge on any atom is -0.460 e. The fourth-order valence-corrected chi connectivity index (χ4v) is 10.7. The van der Waals surface area contributed by atoms with Gasteiger partial charge in [-0.25, -0.2) is 4.79 Å². The van der Waals surface area contributed by atoms with E-state index in [0.29, 0.717) is 56.9 Å². The molecule has 1 aromatic rings. The highest BCUT2D eigenvalue weighted by Crippen LogP contribution is 2.39. The number of methoxy groups -OCH3 is 3. The first kappa shape index (κ1) is 55.7. The van der Waals surface area contributed by atoms with E-state index in [1.54, 1.807) is 45.9 Å². The lowest BCUT2D eigenvalue weighted by atomic mass is 9.78. The van der Waals surface area contributed by atoms with Crippen LogP contribution in [0.25, 0.3) is 0 Å². The van der Waals surface area contributed by atoms with Crippen molar-refractivity contribution in [3.63, 3.8) is 0 Å². The molecule has 5 rings (SSSR count). The molecule has 4 aliphatic rings. The molecule has 384 valence electrons. The lowest BCUT2D eigenvalue weighted by Gasteiger charge is -2.42. The van der Waals surface area contributed by atoms with Gasteiger partial charge in [0.15, 0.2) is 17.9 Å². The maximum atomic E-state index is 14.5. The van der Waals surface area contributed by atoms with Crippen LogP contribution in [-0.2, 0) is 47.7 Å². The number of carbonyl (C=O) groups excluding carboxylic acids is 5. The minimum atomic E-state index is -2.43. The Morgan fingerprint density at radius 3 is 2.33 bits per heavy atom. The van der Waals surface area contributed by atoms with Crippen molar-refractivity contribution < 1.29 is 57.9 Å². The summed E-state index contributed by atoms with van der Waals surface area (Å²) in [7, 11) is 4.62. The number of hydrogen-bond donors (Lipinski definition) is 2. The first-order chi connectivity index (χ1) is 32.8. The van der Waals surface area contributed by atoms with Crippen molar-refractivity contribution in [1.82, 2.24) is 25.1 Å². The van der Waals surface area contributed by atoms with Crippen LogP contribution in [-0.4, -0.2) is 141 Å². The number of rotatable bonds is 7. The summed E-state index contributed by atoms with van der Waals surface area (Å²) in [6.07, 6.45) is 13.7. The molecule has 1 aliphatic carbocycles.